The van der Waals surface area contributed by atoms with Gasteiger partial charge in [0.2, 0.25) is 0 Å². The van der Waals surface area contributed by atoms with Crippen LogP contribution in [-0.4, -0.2) is 4.98 Å². The van der Waals surface area contributed by atoms with Crippen molar-refractivity contribution in [1.29, 1.82) is 0 Å². The maximum atomic E-state index is 12.4. The molecule has 0 saturated carbocycles. The van der Waals surface area contributed by atoms with E-state index < -0.39 is 6.43 Å². The number of pyridine rings is 1. The number of alkyl halides is 3. The average Bonchev–Trinajstić information content (AvgIpc) is 2.02. The van der Waals surface area contributed by atoms with Crippen molar-refractivity contribution < 1.29 is 8.78 Å². The van der Waals surface area contributed by atoms with E-state index in [1.807, 2.05) is 22.6 Å². The molecule has 1 aromatic rings. The minimum Gasteiger partial charge on any atom is -0.240 e. The smallest absolute Gasteiger partial charge is 0.240 e. The maximum absolute atomic E-state index is 12.4. The Bertz CT molecular complexity index is 322. The van der Waals surface area contributed by atoms with Crippen LogP contribution < -0.4 is 0 Å². The highest BCUT2D eigenvalue weighted by Gasteiger charge is 2.17. The number of rotatable bonds is 2. The molecule has 0 radical (unpaired) electrons. The first kappa shape index (κ1) is 11.6. The molecule has 0 N–H and O–H groups in total. The predicted octanol–water partition coefficient (Wildman–Crippen LogP) is 4.13. The first-order valence-electron chi connectivity index (χ1n) is 3.25. The summed E-state index contributed by atoms with van der Waals surface area (Å²) in [6.07, 6.45) is -2.58. The summed E-state index contributed by atoms with van der Waals surface area (Å²) in [5.41, 5.74) is 0.161. The second-order valence-corrected chi connectivity index (χ2v) is 4.47. The molecule has 0 aromatic carbocycles. The van der Waals surface area contributed by atoms with E-state index in [2.05, 4.69) is 20.9 Å². The Hall–Kier alpha value is 0.510. The first-order valence-corrected chi connectivity index (χ1v) is 5.65. The fourth-order valence-electron chi connectivity index (χ4n) is 0.842. The lowest BCUT2D eigenvalue weighted by molar-refractivity contribution is 0.145. The Morgan fingerprint density at radius 2 is 2.23 bits per heavy atom. The SMILES string of the molecule is FC(F)c1nc(Br)cc(I)c1CCl. The Morgan fingerprint density at radius 1 is 1.62 bits per heavy atom. The first-order chi connectivity index (χ1) is 6.06. The van der Waals surface area contributed by atoms with Gasteiger partial charge in [-0.15, -0.1) is 11.6 Å². The van der Waals surface area contributed by atoms with E-state index in [4.69, 9.17) is 11.6 Å². The molecule has 1 heterocycles. The van der Waals surface area contributed by atoms with E-state index in [0.717, 1.165) is 0 Å². The van der Waals surface area contributed by atoms with Gasteiger partial charge in [0.25, 0.3) is 6.43 Å². The largest absolute Gasteiger partial charge is 0.280 e. The van der Waals surface area contributed by atoms with Crippen LogP contribution in [0.5, 0.6) is 0 Å². The molecule has 0 amide bonds. The van der Waals surface area contributed by atoms with E-state index in [9.17, 15) is 8.78 Å². The Kier molecular flexibility index (Phi) is 4.31. The molecule has 0 unspecified atom stereocenters. The molecule has 0 fully saturated rings. The molecule has 1 aromatic heterocycles. The van der Waals surface area contributed by atoms with E-state index in [1.54, 1.807) is 6.07 Å². The van der Waals surface area contributed by atoms with Crippen LogP contribution in [0.1, 0.15) is 17.7 Å². The van der Waals surface area contributed by atoms with Gasteiger partial charge in [0.15, 0.2) is 0 Å². The van der Waals surface area contributed by atoms with Crippen LogP contribution in [0.2, 0.25) is 0 Å². The number of hydrogen-bond acceptors (Lipinski definition) is 1. The third-order valence-corrected chi connectivity index (χ3v) is 3.05. The van der Waals surface area contributed by atoms with Crippen molar-refractivity contribution in [2.75, 3.05) is 0 Å². The summed E-state index contributed by atoms with van der Waals surface area (Å²) < 4.78 is 26.0. The fraction of sp³-hybridized carbons (Fsp3) is 0.286. The Labute approximate surface area is 101 Å². The normalized spacial score (nSPS) is 10.9. The highest BCUT2D eigenvalue weighted by Crippen LogP contribution is 2.28. The third kappa shape index (κ3) is 2.73. The van der Waals surface area contributed by atoms with Gasteiger partial charge in [-0.1, -0.05) is 0 Å². The van der Waals surface area contributed by atoms with Crippen LogP contribution in [0.25, 0.3) is 0 Å². The van der Waals surface area contributed by atoms with Crippen LogP contribution in [0.3, 0.4) is 0 Å². The van der Waals surface area contributed by atoms with Gasteiger partial charge >= 0.3 is 0 Å². The molecule has 0 aliphatic rings. The standard InChI is InChI=1S/C7H4BrClF2IN/c8-5-1-4(12)3(2-9)6(13-5)7(10)11/h1,7H,2H2. The minimum absolute atomic E-state index is 0.0538. The average molecular weight is 382 g/mol. The fourth-order valence-corrected chi connectivity index (χ4v) is 2.96. The summed E-state index contributed by atoms with van der Waals surface area (Å²) in [6.45, 7) is 0. The monoisotopic (exact) mass is 381 g/mol. The topological polar surface area (TPSA) is 12.9 Å². The molecule has 13 heavy (non-hydrogen) atoms. The molecule has 0 saturated heterocycles. The lowest BCUT2D eigenvalue weighted by Gasteiger charge is -2.07. The van der Waals surface area contributed by atoms with Gasteiger partial charge < -0.3 is 0 Å². The number of halogens is 5. The molecule has 0 spiro atoms. The van der Waals surface area contributed by atoms with Gasteiger partial charge in [-0.25, -0.2) is 13.8 Å². The second-order valence-electron chi connectivity index (χ2n) is 2.22. The van der Waals surface area contributed by atoms with E-state index in [1.165, 1.54) is 0 Å². The summed E-state index contributed by atoms with van der Waals surface area (Å²) in [4.78, 5) is 3.68. The van der Waals surface area contributed by atoms with Crippen molar-refractivity contribution in [2.45, 2.75) is 12.3 Å². The zero-order valence-electron chi connectivity index (χ0n) is 6.20. The summed E-state index contributed by atoms with van der Waals surface area (Å²) in [7, 11) is 0. The molecule has 0 bridgehead atoms. The lowest BCUT2D eigenvalue weighted by Crippen LogP contribution is -2.00. The van der Waals surface area contributed by atoms with Crippen LogP contribution in [-0.2, 0) is 5.88 Å². The van der Waals surface area contributed by atoms with Crippen molar-refractivity contribution in [1.82, 2.24) is 4.98 Å². The Balaban J connectivity index is 3.29. The molecule has 1 rings (SSSR count). The minimum atomic E-state index is -2.58. The summed E-state index contributed by atoms with van der Waals surface area (Å²) >= 11 is 10.5. The third-order valence-electron chi connectivity index (χ3n) is 1.41. The summed E-state index contributed by atoms with van der Waals surface area (Å²) in [5, 5.41) is 0. The second kappa shape index (κ2) is 4.84. The number of nitrogens with zero attached hydrogens (tertiary/aromatic N) is 1. The van der Waals surface area contributed by atoms with Crippen molar-refractivity contribution in [3.8, 4) is 0 Å². The van der Waals surface area contributed by atoms with Crippen LogP contribution in [0, 0.1) is 3.57 Å². The van der Waals surface area contributed by atoms with Gasteiger partial charge in [-0.3, -0.25) is 0 Å². The van der Waals surface area contributed by atoms with Crippen LogP contribution in [0.4, 0.5) is 8.78 Å². The summed E-state index contributed by atoms with van der Waals surface area (Å²) in [5.74, 6) is 0.0538. The van der Waals surface area contributed by atoms with Crippen molar-refractivity contribution in [3.63, 3.8) is 0 Å². The van der Waals surface area contributed by atoms with Crippen molar-refractivity contribution in [3.05, 3.63) is 25.5 Å². The van der Waals surface area contributed by atoms with Crippen LogP contribution >= 0.6 is 50.1 Å². The maximum Gasteiger partial charge on any atom is 0.280 e. The zero-order valence-corrected chi connectivity index (χ0v) is 10.7. The lowest BCUT2D eigenvalue weighted by atomic mass is 10.2. The molecular weight excluding hydrogens is 378 g/mol. The Morgan fingerprint density at radius 3 is 2.69 bits per heavy atom. The van der Waals surface area contributed by atoms with E-state index in [-0.39, 0.29) is 11.6 Å². The van der Waals surface area contributed by atoms with Gasteiger partial charge in [0.1, 0.15) is 10.3 Å². The summed E-state index contributed by atoms with van der Waals surface area (Å²) in [6, 6.07) is 1.66. The molecule has 6 heteroatoms. The predicted molar refractivity (Wildman–Crippen MR) is 59.2 cm³/mol. The van der Waals surface area contributed by atoms with Gasteiger partial charge in [0, 0.05) is 9.13 Å². The molecular formula is C7H4BrClF2IN. The van der Waals surface area contributed by atoms with E-state index >= 15 is 0 Å². The number of aromatic nitrogens is 1. The zero-order chi connectivity index (χ0) is 10.0. The molecule has 0 aliphatic carbocycles. The van der Waals surface area contributed by atoms with Crippen molar-refractivity contribution >= 4 is 50.1 Å². The molecule has 1 nitrogen and oxygen atoms in total. The van der Waals surface area contributed by atoms with Crippen molar-refractivity contribution in [2.24, 2.45) is 0 Å². The highest BCUT2D eigenvalue weighted by molar-refractivity contribution is 14.1. The van der Waals surface area contributed by atoms with Crippen LogP contribution in [0.15, 0.2) is 10.7 Å². The van der Waals surface area contributed by atoms with Gasteiger partial charge in [-0.05, 0) is 44.6 Å². The van der Waals surface area contributed by atoms with E-state index in [0.29, 0.717) is 13.7 Å². The quantitative estimate of drug-likeness (QED) is 0.426. The van der Waals surface area contributed by atoms with Gasteiger partial charge in [0.05, 0.1) is 5.88 Å². The molecule has 72 valence electrons. The highest BCUT2D eigenvalue weighted by atomic mass is 127. The van der Waals surface area contributed by atoms with Gasteiger partial charge in [-0.2, -0.15) is 0 Å². The number of hydrogen-bond donors (Lipinski definition) is 0. The molecule has 0 atom stereocenters. The molecule has 0 aliphatic heterocycles.